The van der Waals surface area contributed by atoms with Gasteiger partial charge in [-0.25, -0.2) is 0 Å². The number of carbonyl (C=O) groups is 1. The summed E-state index contributed by atoms with van der Waals surface area (Å²) in [6, 6.07) is 1.71. The fourth-order valence-electron chi connectivity index (χ4n) is 3.05. The Bertz CT molecular complexity index is 492. The van der Waals surface area contributed by atoms with E-state index in [0.717, 1.165) is 31.7 Å². The highest BCUT2D eigenvalue weighted by molar-refractivity contribution is 5.92. The summed E-state index contributed by atoms with van der Waals surface area (Å²) >= 11 is 0. The third-order valence-electron chi connectivity index (χ3n) is 5.06. The average Bonchev–Trinajstić information content (AvgIpc) is 2.96. The molecule has 0 saturated carbocycles. The lowest BCUT2D eigenvalue weighted by Gasteiger charge is -2.51. The van der Waals surface area contributed by atoms with E-state index in [1.54, 1.807) is 6.07 Å². The van der Waals surface area contributed by atoms with Crippen molar-refractivity contribution >= 4 is 5.91 Å². The average molecular weight is 309 g/mol. The monoisotopic (exact) mass is 309 g/mol. The number of hydrogen-bond acceptors (Lipinski definition) is 4. The SMILES string of the molecule is CCc1cc(C(=O)NC(C)(C)C(C)(CC)N(CC)CC)no1. The number of aromatic nitrogens is 1. The molecule has 1 aromatic rings. The van der Waals surface area contributed by atoms with E-state index in [0.29, 0.717) is 5.69 Å². The third-order valence-corrected chi connectivity index (χ3v) is 5.06. The molecule has 0 fully saturated rings. The third kappa shape index (κ3) is 3.51. The zero-order valence-corrected chi connectivity index (χ0v) is 15.1. The lowest BCUT2D eigenvalue weighted by molar-refractivity contribution is 0.0267. The normalized spacial score (nSPS) is 14.9. The maximum Gasteiger partial charge on any atom is 0.273 e. The van der Waals surface area contributed by atoms with Crippen LogP contribution in [0.1, 0.15) is 71.1 Å². The number of carbonyl (C=O) groups excluding carboxylic acids is 1. The molecule has 0 bridgehead atoms. The van der Waals surface area contributed by atoms with Crippen molar-refractivity contribution in [2.24, 2.45) is 0 Å². The maximum atomic E-state index is 12.5. The Kier molecular flexibility index (Phi) is 6.17. The number of likely N-dealkylation sites (N-methyl/N-ethyl adjacent to an activating group) is 1. The van der Waals surface area contributed by atoms with Crippen LogP contribution in [0, 0.1) is 0 Å². The first-order chi connectivity index (χ1) is 10.3. The molecule has 126 valence electrons. The molecular formula is C17H31N3O2. The zero-order chi connectivity index (χ0) is 17.0. The fraction of sp³-hybridized carbons (Fsp3) is 0.765. The van der Waals surface area contributed by atoms with Crippen LogP contribution in [0.2, 0.25) is 0 Å². The van der Waals surface area contributed by atoms with Gasteiger partial charge in [0.1, 0.15) is 5.76 Å². The molecule has 1 rings (SSSR count). The molecule has 1 N–H and O–H groups in total. The first-order valence-electron chi connectivity index (χ1n) is 8.28. The van der Waals surface area contributed by atoms with Crippen molar-refractivity contribution in [2.45, 2.75) is 72.4 Å². The minimum Gasteiger partial charge on any atom is -0.361 e. The van der Waals surface area contributed by atoms with E-state index in [9.17, 15) is 4.79 Å². The van der Waals surface area contributed by atoms with E-state index >= 15 is 0 Å². The standard InChI is InChI=1S/C17H31N3O2/c1-8-13-12-14(19-22-13)15(21)18-16(5,6)17(7,9-2)20(10-3)11-4/h12H,8-11H2,1-7H3,(H,18,21). The first-order valence-corrected chi connectivity index (χ1v) is 8.28. The van der Waals surface area contributed by atoms with Crippen LogP contribution >= 0.6 is 0 Å². The van der Waals surface area contributed by atoms with E-state index in [1.807, 2.05) is 6.92 Å². The first kappa shape index (κ1) is 18.7. The topological polar surface area (TPSA) is 58.4 Å². The molecule has 0 radical (unpaired) electrons. The van der Waals surface area contributed by atoms with Crippen LogP contribution in [0.5, 0.6) is 0 Å². The van der Waals surface area contributed by atoms with Gasteiger partial charge in [-0.1, -0.05) is 32.9 Å². The maximum absolute atomic E-state index is 12.5. The Balaban J connectivity index is 2.98. The number of amides is 1. The van der Waals surface area contributed by atoms with Crippen LogP contribution in [0.4, 0.5) is 0 Å². The van der Waals surface area contributed by atoms with Crippen molar-refractivity contribution in [3.05, 3.63) is 17.5 Å². The van der Waals surface area contributed by atoms with Crippen LogP contribution < -0.4 is 5.32 Å². The summed E-state index contributed by atoms with van der Waals surface area (Å²) in [5, 5.41) is 7.01. The summed E-state index contributed by atoms with van der Waals surface area (Å²) in [7, 11) is 0. The number of nitrogens with one attached hydrogen (secondary N) is 1. The highest BCUT2D eigenvalue weighted by Gasteiger charge is 2.44. The Morgan fingerprint density at radius 1 is 1.23 bits per heavy atom. The van der Waals surface area contributed by atoms with Crippen molar-refractivity contribution in [3.63, 3.8) is 0 Å². The predicted molar refractivity (Wildman–Crippen MR) is 89.0 cm³/mol. The van der Waals surface area contributed by atoms with Gasteiger partial charge in [-0.05, 0) is 40.3 Å². The molecule has 5 heteroatoms. The molecule has 5 nitrogen and oxygen atoms in total. The second-order valence-electron chi connectivity index (χ2n) is 6.41. The van der Waals surface area contributed by atoms with Gasteiger partial charge in [0.2, 0.25) is 0 Å². The van der Waals surface area contributed by atoms with Gasteiger partial charge in [-0.15, -0.1) is 0 Å². The number of rotatable bonds is 8. The van der Waals surface area contributed by atoms with Crippen LogP contribution in [0.25, 0.3) is 0 Å². The molecule has 1 aromatic heterocycles. The minimum absolute atomic E-state index is 0.135. The van der Waals surface area contributed by atoms with Crippen molar-refractivity contribution in [3.8, 4) is 0 Å². The van der Waals surface area contributed by atoms with Gasteiger partial charge in [0, 0.05) is 18.0 Å². The van der Waals surface area contributed by atoms with Gasteiger partial charge in [0.05, 0.1) is 5.54 Å². The Morgan fingerprint density at radius 2 is 1.82 bits per heavy atom. The Hall–Kier alpha value is -1.36. The molecule has 0 saturated heterocycles. The summed E-state index contributed by atoms with van der Waals surface area (Å²) < 4.78 is 5.13. The molecule has 0 aliphatic rings. The van der Waals surface area contributed by atoms with Gasteiger partial charge in [-0.3, -0.25) is 9.69 Å². The molecule has 1 unspecified atom stereocenters. The van der Waals surface area contributed by atoms with E-state index in [4.69, 9.17) is 4.52 Å². The second kappa shape index (κ2) is 7.27. The summed E-state index contributed by atoms with van der Waals surface area (Å²) in [5.41, 5.74) is -0.178. The number of hydrogen-bond donors (Lipinski definition) is 1. The van der Waals surface area contributed by atoms with E-state index in [1.165, 1.54) is 0 Å². The van der Waals surface area contributed by atoms with Gasteiger partial charge in [-0.2, -0.15) is 0 Å². The van der Waals surface area contributed by atoms with E-state index < -0.39 is 5.54 Å². The quantitative estimate of drug-likeness (QED) is 0.801. The van der Waals surface area contributed by atoms with Gasteiger partial charge in [0.25, 0.3) is 5.91 Å². The molecule has 0 spiro atoms. The van der Waals surface area contributed by atoms with E-state index in [-0.39, 0.29) is 11.4 Å². The molecule has 1 atom stereocenters. The Labute approximate surface area is 134 Å². The summed E-state index contributed by atoms with van der Waals surface area (Å²) in [4.78, 5) is 14.9. The molecular weight excluding hydrogens is 278 g/mol. The van der Waals surface area contributed by atoms with Crippen LogP contribution in [0.15, 0.2) is 10.6 Å². The number of nitrogens with zero attached hydrogens (tertiary/aromatic N) is 2. The predicted octanol–water partition coefficient (Wildman–Crippen LogP) is 3.26. The summed E-state index contributed by atoms with van der Waals surface area (Å²) in [6.07, 6.45) is 1.68. The molecule has 0 aromatic carbocycles. The second-order valence-corrected chi connectivity index (χ2v) is 6.41. The van der Waals surface area contributed by atoms with Gasteiger partial charge in [0.15, 0.2) is 5.69 Å². The van der Waals surface area contributed by atoms with Crippen molar-refractivity contribution < 1.29 is 9.32 Å². The van der Waals surface area contributed by atoms with Gasteiger partial charge < -0.3 is 9.84 Å². The molecule has 22 heavy (non-hydrogen) atoms. The fourth-order valence-corrected chi connectivity index (χ4v) is 3.05. The molecule has 1 heterocycles. The lowest BCUT2D eigenvalue weighted by atomic mass is 9.77. The smallest absolute Gasteiger partial charge is 0.273 e. The van der Waals surface area contributed by atoms with Crippen molar-refractivity contribution in [1.82, 2.24) is 15.4 Å². The highest BCUT2D eigenvalue weighted by Crippen LogP contribution is 2.32. The Morgan fingerprint density at radius 3 is 2.23 bits per heavy atom. The molecule has 0 aliphatic carbocycles. The number of aryl methyl sites for hydroxylation is 1. The van der Waals surface area contributed by atoms with E-state index in [2.05, 4.69) is 56.9 Å². The van der Waals surface area contributed by atoms with Crippen LogP contribution in [-0.4, -0.2) is 40.1 Å². The molecule has 0 aliphatic heterocycles. The summed E-state index contributed by atoms with van der Waals surface area (Å²) in [6.45, 7) is 16.7. The van der Waals surface area contributed by atoms with Crippen molar-refractivity contribution in [2.75, 3.05) is 13.1 Å². The summed E-state index contributed by atoms with van der Waals surface area (Å²) in [5.74, 6) is 0.547. The van der Waals surface area contributed by atoms with Crippen LogP contribution in [-0.2, 0) is 6.42 Å². The molecule has 1 amide bonds. The van der Waals surface area contributed by atoms with Gasteiger partial charge >= 0.3 is 0 Å². The minimum atomic E-state index is -0.393. The van der Waals surface area contributed by atoms with Crippen LogP contribution in [0.3, 0.4) is 0 Å². The van der Waals surface area contributed by atoms with Crippen molar-refractivity contribution in [1.29, 1.82) is 0 Å². The highest BCUT2D eigenvalue weighted by atomic mass is 16.5. The lowest BCUT2D eigenvalue weighted by Crippen LogP contribution is -2.66. The zero-order valence-electron chi connectivity index (χ0n) is 15.1. The largest absolute Gasteiger partial charge is 0.361 e.